The summed E-state index contributed by atoms with van der Waals surface area (Å²) < 4.78 is 5.53. The lowest BCUT2D eigenvalue weighted by molar-refractivity contribution is 0.364. The van der Waals surface area contributed by atoms with Crippen molar-refractivity contribution in [2.45, 2.75) is 6.42 Å². The van der Waals surface area contributed by atoms with E-state index in [4.69, 9.17) is 4.74 Å². The van der Waals surface area contributed by atoms with Gasteiger partial charge in [0.2, 0.25) is 0 Å². The third kappa shape index (κ3) is 5.75. The largest absolute Gasteiger partial charge is 0.495 e. The van der Waals surface area contributed by atoms with E-state index in [9.17, 15) is 0 Å². The quantitative estimate of drug-likeness (QED) is 0.361. The third-order valence-corrected chi connectivity index (χ3v) is 6.17. The number of hydrogen-bond acceptors (Lipinski definition) is 4. The van der Waals surface area contributed by atoms with Crippen LogP contribution in [0.2, 0.25) is 0 Å². The third-order valence-electron chi connectivity index (χ3n) is 6.17. The minimum absolute atomic E-state index is 0. The molecule has 4 rings (SSSR count). The van der Waals surface area contributed by atoms with Crippen LogP contribution < -0.4 is 19.9 Å². The van der Waals surface area contributed by atoms with Crippen LogP contribution in [-0.4, -0.2) is 70.8 Å². The molecule has 0 spiro atoms. The molecular formula is C24H34IN5O. The predicted molar refractivity (Wildman–Crippen MR) is 140 cm³/mol. The summed E-state index contributed by atoms with van der Waals surface area (Å²) in [7, 11) is 3.63. The number of nitrogens with zero attached hydrogens (tertiary/aromatic N) is 4. The van der Waals surface area contributed by atoms with Gasteiger partial charge in [-0.25, -0.2) is 0 Å². The molecule has 2 aromatic carbocycles. The Morgan fingerprint density at radius 1 is 0.968 bits per heavy atom. The number of para-hydroxylation sites is 3. The summed E-state index contributed by atoms with van der Waals surface area (Å²) >= 11 is 0. The average molecular weight is 535 g/mol. The molecule has 0 bridgehead atoms. The molecule has 0 radical (unpaired) electrons. The van der Waals surface area contributed by atoms with Crippen molar-refractivity contribution in [3.8, 4) is 5.75 Å². The van der Waals surface area contributed by atoms with Crippen LogP contribution in [0.3, 0.4) is 0 Å². The fraction of sp³-hybridized carbons (Fsp3) is 0.458. The second-order valence-corrected chi connectivity index (χ2v) is 8.01. The Morgan fingerprint density at radius 3 is 2.39 bits per heavy atom. The van der Waals surface area contributed by atoms with Gasteiger partial charge in [-0.3, -0.25) is 4.99 Å². The van der Waals surface area contributed by atoms with Gasteiger partial charge in [-0.2, -0.15) is 0 Å². The maximum absolute atomic E-state index is 5.53. The van der Waals surface area contributed by atoms with Crippen molar-refractivity contribution in [3.05, 3.63) is 54.6 Å². The highest BCUT2D eigenvalue weighted by molar-refractivity contribution is 14.0. The van der Waals surface area contributed by atoms with E-state index in [1.54, 1.807) is 7.11 Å². The first kappa shape index (κ1) is 23.5. The van der Waals surface area contributed by atoms with Gasteiger partial charge in [-0.15, -0.1) is 24.0 Å². The van der Waals surface area contributed by atoms with Gasteiger partial charge in [0.05, 0.1) is 12.8 Å². The lowest BCUT2D eigenvalue weighted by Crippen LogP contribution is -2.53. The smallest absolute Gasteiger partial charge is 0.193 e. The number of methoxy groups -OCH3 is 1. The van der Waals surface area contributed by atoms with Crippen LogP contribution in [0.4, 0.5) is 11.4 Å². The topological polar surface area (TPSA) is 43.3 Å². The number of guanidine groups is 1. The highest BCUT2D eigenvalue weighted by Gasteiger charge is 2.25. The molecule has 2 heterocycles. The molecule has 2 aliphatic rings. The summed E-state index contributed by atoms with van der Waals surface area (Å²) in [5.41, 5.74) is 2.51. The van der Waals surface area contributed by atoms with Crippen molar-refractivity contribution in [3.63, 3.8) is 0 Å². The zero-order valence-corrected chi connectivity index (χ0v) is 20.9. The average Bonchev–Trinajstić information content (AvgIpc) is 3.29. The zero-order chi connectivity index (χ0) is 20.8. The van der Waals surface area contributed by atoms with Crippen LogP contribution in [0.1, 0.15) is 6.42 Å². The summed E-state index contributed by atoms with van der Waals surface area (Å²) in [6.45, 7) is 7.06. The number of rotatable bonds is 5. The number of benzene rings is 2. The van der Waals surface area contributed by atoms with Crippen LogP contribution in [-0.2, 0) is 0 Å². The molecule has 0 aliphatic carbocycles. The molecule has 168 valence electrons. The SMILES string of the molecule is CN=C(NCC1CCN(c2ccccc2)C1)N1CCN(c2ccccc2OC)CC1.I. The maximum Gasteiger partial charge on any atom is 0.193 e. The Labute approximate surface area is 203 Å². The fourth-order valence-electron chi connectivity index (χ4n) is 4.49. The Hall–Kier alpha value is -2.16. The van der Waals surface area contributed by atoms with Crippen LogP contribution in [0, 0.1) is 5.92 Å². The van der Waals surface area contributed by atoms with E-state index < -0.39 is 0 Å². The monoisotopic (exact) mass is 535 g/mol. The Kier molecular flexibility index (Phi) is 8.69. The van der Waals surface area contributed by atoms with Crippen LogP contribution in [0.15, 0.2) is 59.6 Å². The molecule has 1 unspecified atom stereocenters. The second kappa shape index (κ2) is 11.5. The Morgan fingerprint density at radius 2 is 1.68 bits per heavy atom. The normalized spacial score (nSPS) is 19.2. The Bertz CT molecular complexity index is 839. The minimum Gasteiger partial charge on any atom is -0.495 e. The summed E-state index contributed by atoms with van der Waals surface area (Å²) in [4.78, 5) is 11.8. The van der Waals surface area contributed by atoms with E-state index in [1.807, 2.05) is 19.2 Å². The molecule has 0 amide bonds. The molecule has 6 nitrogen and oxygen atoms in total. The van der Waals surface area contributed by atoms with Gasteiger partial charge in [0.15, 0.2) is 5.96 Å². The molecule has 2 fully saturated rings. The standard InChI is InChI=1S/C24H33N5O.HI/c1-25-24(26-18-20-12-13-29(19-20)21-8-4-3-5-9-21)28-16-14-27(15-17-28)22-10-6-7-11-23(22)30-2;/h3-11,20H,12-19H2,1-2H3,(H,25,26);1H. The number of halogens is 1. The number of hydrogen-bond donors (Lipinski definition) is 1. The van der Waals surface area contributed by atoms with Crippen molar-refractivity contribution in [1.29, 1.82) is 0 Å². The van der Waals surface area contributed by atoms with Gasteiger partial charge in [0, 0.05) is 58.5 Å². The summed E-state index contributed by atoms with van der Waals surface area (Å²) in [6.07, 6.45) is 1.22. The van der Waals surface area contributed by atoms with Crippen molar-refractivity contribution >= 4 is 41.3 Å². The lowest BCUT2D eigenvalue weighted by atomic mass is 10.1. The molecular weight excluding hydrogens is 501 g/mol. The first-order valence-electron chi connectivity index (χ1n) is 10.9. The van der Waals surface area contributed by atoms with Gasteiger partial charge in [-0.05, 0) is 36.6 Å². The number of aliphatic imine (C=N–C) groups is 1. The van der Waals surface area contributed by atoms with Gasteiger partial charge in [0.1, 0.15) is 5.75 Å². The minimum atomic E-state index is 0. The molecule has 1 atom stereocenters. The molecule has 1 N–H and O–H groups in total. The second-order valence-electron chi connectivity index (χ2n) is 8.01. The summed E-state index contributed by atoms with van der Waals surface area (Å²) in [5, 5.41) is 3.64. The van der Waals surface area contributed by atoms with Crippen molar-refractivity contribution < 1.29 is 4.74 Å². The predicted octanol–water partition coefficient (Wildman–Crippen LogP) is 3.54. The van der Waals surface area contributed by atoms with Gasteiger partial charge >= 0.3 is 0 Å². The summed E-state index contributed by atoms with van der Waals surface area (Å²) in [5.74, 6) is 2.61. The van der Waals surface area contributed by atoms with Crippen LogP contribution in [0.25, 0.3) is 0 Å². The van der Waals surface area contributed by atoms with E-state index in [0.717, 1.165) is 57.5 Å². The molecule has 31 heavy (non-hydrogen) atoms. The van der Waals surface area contributed by atoms with E-state index in [1.165, 1.54) is 17.8 Å². The van der Waals surface area contributed by atoms with Gasteiger partial charge < -0.3 is 24.8 Å². The number of anilines is 2. The highest BCUT2D eigenvalue weighted by Crippen LogP contribution is 2.28. The lowest BCUT2D eigenvalue weighted by Gasteiger charge is -2.38. The van der Waals surface area contributed by atoms with Crippen LogP contribution in [0.5, 0.6) is 5.75 Å². The number of piperazine rings is 1. The van der Waals surface area contributed by atoms with Gasteiger partial charge in [0.25, 0.3) is 0 Å². The summed E-state index contributed by atoms with van der Waals surface area (Å²) in [6, 6.07) is 19.0. The molecule has 2 aromatic rings. The fourth-order valence-corrected chi connectivity index (χ4v) is 4.49. The van der Waals surface area contributed by atoms with Crippen LogP contribution >= 0.6 is 24.0 Å². The van der Waals surface area contributed by atoms with Gasteiger partial charge in [-0.1, -0.05) is 30.3 Å². The van der Waals surface area contributed by atoms with E-state index in [2.05, 4.69) is 67.5 Å². The van der Waals surface area contributed by atoms with Crippen molar-refractivity contribution in [1.82, 2.24) is 10.2 Å². The molecule has 2 aliphatic heterocycles. The maximum atomic E-state index is 5.53. The van der Waals surface area contributed by atoms with Crippen molar-refractivity contribution in [2.24, 2.45) is 10.9 Å². The van der Waals surface area contributed by atoms with E-state index in [0.29, 0.717) is 5.92 Å². The molecule has 0 saturated carbocycles. The Balaban J connectivity index is 0.00000272. The first-order chi connectivity index (χ1) is 14.8. The molecule has 2 saturated heterocycles. The van der Waals surface area contributed by atoms with Crippen molar-refractivity contribution in [2.75, 3.05) is 69.8 Å². The first-order valence-corrected chi connectivity index (χ1v) is 10.9. The van der Waals surface area contributed by atoms with E-state index in [-0.39, 0.29) is 24.0 Å². The number of nitrogens with one attached hydrogen (secondary N) is 1. The highest BCUT2D eigenvalue weighted by atomic mass is 127. The molecule has 0 aromatic heterocycles. The number of ether oxygens (including phenoxy) is 1. The van der Waals surface area contributed by atoms with E-state index >= 15 is 0 Å². The zero-order valence-electron chi connectivity index (χ0n) is 18.5. The molecule has 7 heteroatoms.